The van der Waals surface area contributed by atoms with Crippen molar-refractivity contribution in [1.82, 2.24) is 0 Å². The molecule has 0 fully saturated rings. The van der Waals surface area contributed by atoms with Gasteiger partial charge >= 0.3 is 0 Å². The van der Waals surface area contributed by atoms with E-state index in [1.165, 1.54) is 22.8 Å². The Bertz CT molecular complexity index is 2040. The second kappa shape index (κ2) is 16.5. The van der Waals surface area contributed by atoms with Gasteiger partial charge in [-0.15, -0.1) is 0 Å². The van der Waals surface area contributed by atoms with Crippen molar-refractivity contribution in [3.8, 4) is 0 Å². The van der Waals surface area contributed by atoms with Gasteiger partial charge in [-0.3, -0.25) is 0 Å². The third kappa shape index (κ3) is 8.59. The van der Waals surface area contributed by atoms with Crippen molar-refractivity contribution < 1.29 is 23.3 Å². The smallest absolute Gasteiger partial charge is 0.193 e. The molecular weight excluding hydrogens is 750 g/mol. The average molecular weight is 790 g/mol. The van der Waals surface area contributed by atoms with Crippen molar-refractivity contribution in [1.29, 1.82) is 0 Å². The van der Waals surface area contributed by atoms with E-state index in [-0.39, 0.29) is 30.0 Å². The van der Waals surface area contributed by atoms with E-state index in [0.29, 0.717) is 78.5 Å². The first kappa shape index (κ1) is 37.9. The molecule has 280 valence electrons. The van der Waals surface area contributed by atoms with E-state index in [4.69, 9.17) is 58.7 Å². The lowest BCUT2D eigenvalue weighted by Gasteiger charge is -2.11. The number of aliphatic imine (C=N–C) groups is 4. The maximum atomic E-state index is 13.8. The Kier molecular flexibility index (Phi) is 11.6. The van der Waals surface area contributed by atoms with E-state index in [1.54, 1.807) is 19.1 Å². The summed E-state index contributed by atoms with van der Waals surface area (Å²) in [6, 6.07) is 22.5. The van der Waals surface area contributed by atoms with Crippen LogP contribution >= 0.6 is 34.8 Å². The number of benzene rings is 4. The second-order valence-corrected chi connectivity index (χ2v) is 14.9. The van der Waals surface area contributed by atoms with E-state index in [0.717, 1.165) is 27.3 Å². The van der Waals surface area contributed by atoms with E-state index in [2.05, 4.69) is 47.0 Å². The Morgan fingerprint density at radius 2 is 0.981 bits per heavy atom. The van der Waals surface area contributed by atoms with Crippen molar-refractivity contribution in [3.05, 3.63) is 138 Å². The molecule has 0 radical (unpaired) electrons. The van der Waals surface area contributed by atoms with Gasteiger partial charge in [0.2, 0.25) is 0 Å². The highest BCUT2D eigenvalue weighted by Gasteiger charge is 2.29. The highest BCUT2D eigenvalue weighted by Crippen LogP contribution is 2.33. The molecule has 0 aliphatic carbocycles. The molecule has 4 heterocycles. The van der Waals surface area contributed by atoms with Crippen molar-refractivity contribution in [2.24, 2.45) is 20.0 Å². The molecule has 4 unspecified atom stereocenters. The molecule has 0 aromatic heterocycles. The van der Waals surface area contributed by atoms with Gasteiger partial charge in [0.25, 0.3) is 0 Å². The number of ether oxygens (including phenoxy) is 4. The van der Waals surface area contributed by atoms with Crippen LogP contribution in [0.5, 0.6) is 0 Å². The first-order valence-electron chi connectivity index (χ1n) is 17.8. The van der Waals surface area contributed by atoms with Crippen LogP contribution in [-0.4, -0.2) is 50.0 Å². The highest BCUT2D eigenvalue weighted by molar-refractivity contribution is 6.42. The normalized spacial score (nSPS) is 21.5. The van der Waals surface area contributed by atoms with Gasteiger partial charge in [0, 0.05) is 5.02 Å². The lowest BCUT2D eigenvalue weighted by molar-refractivity contribution is 0.299. The van der Waals surface area contributed by atoms with Crippen LogP contribution in [0.25, 0.3) is 0 Å². The van der Waals surface area contributed by atoms with Crippen LogP contribution in [0, 0.1) is 33.5 Å². The largest absolute Gasteiger partial charge is 0.478 e. The van der Waals surface area contributed by atoms with Crippen LogP contribution in [-0.2, 0) is 18.9 Å². The summed E-state index contributed by atoms with van der Waals surface area (Å²) in [7, 11) is 0. The zero-order valence-corrected chi connectivity index (χ0v) is 32.7. The van der Waals surface area contributed by atoms with E-state index in [9.17, 15) is 4.39 Å². The Hall–Kier alpha value is -4.44. The fourth-order valence-electron chi connectivity index (χ4n) is 6.66. The molecule has 8 nitrogen and oxygen atoms in total. The van der Waals surface area contributed by atoms with Gasteiger partial charge in [0.15, 0.2) is 23.6 Å². The monoisotopic (exact) mass is 788 g/mol. The summed E-state index contributed by atoms with van der Waals surface area (Å²) < 4.78 is 36.8. The average Bonchev–Trinajstić information content (AvgIpc) is 4.00. The Morgan fingerprint density at radius 1 is 0.519 bits per heavy atom. The van der Waals surface area contributed by atoms with Crippen molar-refractivity contribution in [2.75, 3.05) is 26.4 Å². The lowest BCUT2D eigenvalue weighted by Crippen LogP contribution is -2.08. The SMILES string of the molecule is Cc1ccc(C2COC(CC3=NC(c4ccc(Cl)c(Cl)c4)CO3)=N2)cc1Cl.Cc1cccc(C2COC(CC3=NC(c4cccc(F)c4C)CO3)=N2)c1C. The zero-order chi connectivity index (χ0) is 37.9. The summed E-state index contributed by atoms with van der Waals surface area (Å²) in [6.45, 7) is 9.91. The molecule has 54 heavy (non-hydrogen) atoms. The molecule has 0 spiro atoms. The molecule has 0 N–H and O–H groups in total. The number of aryl methyl sites for hydroxylation is 2. The standard InChI is InChI=1S/C22H23FN2O2.C20H17Cl3N2O2/c1-13-6-4-7-16(14(13)2)19-11-26-21(24-19)10-22-25-20(12-27-22)17-8-5-9-18(23)15(17)3;1-11-2-3-12(6-15(11)22)17-9-26-19(24-17)8-20-25-18(10-27-20)13-4-5-14(21)16(23)7-13/h4-9,19-20H,10-12H2,1-3H3;2-7,17-18H,8-10H2,1H3. The number of hydrogen-bond donors (Lipinski definition) is 0. The van der Waals surface area contributed by atoms with Crippen LogP contribution in [0.15, 0.2) is 92.8 Å². The minimum Gasteiger partial charge on any atom is -0.478 e. The zero-order valence-electron chi connectivity index (χ0n) is 30.4. The van der Waals surface area contributed by atoms with Gasteiger partial charge in [-0.05, 0) is 96.5 Å². The minimum absolute atomic E-state index is 0.0168. The van der Waals surface area contributed by atoms with Crippen LogP contribution in [0.2, 0.25) is 15.1 Å². The third-order valence-corrected chi connectivity index (χ3v) is 11.2. The van der Waals surface area contributed by atoms with Gasteiger partial charge in [-0.2, -0.15) is 0 Å². The van der Waals surface area contributed by atoms with Gasteiger partial charge in [0.05, 0.1) is 22.9 Å². The van der Waals surface area contributed by atoms with Crippen LogP contribution in [0.3, 0.4) is 0 Å². The first-order valence-corrected chi connectivity index (χ1v) is 19.0. The molecule has 0 amide bonds. The molecular formula is C42H40Cl3FN4O4. The summed E-state index contributed by atoms with van der Waals surface area (Å²) in [5, 5.41) is 1.78. The van der Waals surface area contributed by atoms with Gasteiger partial charge in [-0.1, -0.05) is 83.3 Å². The number of hydrogen-bond acceptors (Lipinski definition) is 8. The Morgan fingerprint density at radius 3 is 1.52 bits per heavy atom. The summed E-state index contributed by atoms with van der Waals surface area (Å²) >= 11 is 18.3. The highest BCUT2D eigenvalue weighted by atomic mass is 35.5. The topological polar surface area (TPSA) is 86.4 Å². The molecule has 0 saturated heterocycles. The van der Waals surface area contributed by atoms with E-state index >= 15 is 0 Å². The fourth-order valence-corrected chi connectivity index (χ4v) is 7.15. The third-order valence-electron chi connectivity index (χ3n) is 10.0. The molecule has 4 aliphatic rings. The molecule has 4 atom stereocenters. The predicted molar refractivity (Wildman–Crippen MR) is 213 cm³/mol. The molecule has 4 aromatic rings. The van der Waals surface area contributed by atoms with Gasteiger partial charge in [0.1, 0.15) is 56.4 Å². The summed E-state index contributed by atoms with van der Waals surface area (Å²) in [5.41, 5.74) is 8.27. The van der Waals surface area contributed by atoms with Crippen molar-refractivity contribution in [3.63, 3.8) is 0 Å². The molecule has 4 aromatic carbocycles. The number of halogens is 4. The summed E-state index contributed by atoms with van der Waals surface area (Å²) in [4.78, 5) is 18.6. The Labute approximate surface area is 329 Å². The first-order chi connectivity index (χ1) is 26.0. The molecule has 8 rings (SSSR count). The Balaban J connectivity index is 0.000000167. The second-order valence-electron chi connectivity index (χ2n) is 13.7. The van der Waals surface area contributed by atoms with E-state index in [1.807, 2.05) is 43.3 Å². The molecule has 0 saturated carbocycles. The van der Waals surface area contributed by atoms with Crippen LogP contribution in [0.4, 0.5) is 4.39 Å². The van der Waals surface area contributed by atoms with Crippen LogP contribution < -0.4 is 0 Å². The predicted octanol–water partition coefficient (Wildman–Crippen LogP) is 10.8. The fraction of sp³-hybridized carbons (Fsp3) is 0.333. The summed E-state index contributed by atoms with van der Waals surface area (Å²) in [5.74, 6) is 2.29. The summed E-state index contributed by atoms with van der Waals surface area (Å²) in [6.07, 6.45) is 0.875. The quantitative estimate of drug-likeness (QED) is 0.178. The van der Waals surface area contributed by atoms with Gasteiger partial charge < -0.3 is 18.9 Å². The minimum atomic E-state index is -0.212. The van der Waals surface area contributed by atoms with Crippen molar-refractivity contribution >= 4 is 58.4 Å². The van der Waals surface area contributed by atoms with E-state index < -0.39 is 0 Å². The van der Waals surface area contributed by atoms with Crippen molar-refractivity contribution in [2.45, 2.75) is 64.7 Å². The lowest BCUT2D eigenvalue weighted by atomic mass is 9.98. The number of rotatable bonds is 8. The maximum Gasteiger partial charge on any atom is 0.193 e. The number of nitrogens with zero attached hydrogens (tertiary/aromatic N) is 4. The molecule has 0 bridgehead atoms. The van der Waals surface area contributed by atoms with Crippen LogP contribution in [0.1, 0.15) is 81.5 Å². The molecule has 12 heteroatoms. The molecule has 4 aliphatic heterocycles. The maximum absolute atomic E-state index is 13.8. The van der Waals surface area contributed by atoms with Gasteiger partial charge in [-0.25, -0.2) is 24.4 Å².